The van der Waals surface area contributed by atoms with E-state index in [1.54, 1.807) is 11.6 Å². The lowest BCUT2D eigenvalue weighted by Gasteiger charge is -2.18. The Labute approximate surface area is 150 Å². The average Bonchev–Trinajstić information content (AvgIpc) is 3.08. The van der Waals surface area contributed by atoms with Gasteiger partial charge in [0, 0.05) is 6.07 Å². The van der Waals surface area contributed by atoms with E-state index in [2.05, 4.69) is 10.3 Å². The number of hydrogen-bond acceptors (Lipinski definition) is 6. The van der Waals surface area contributed by atoms with Crippen molar-refractivity contribution in [1.29, 1.82) is 0 Å². The van der Waals surface area contributed by atoms with Crippen LogP contribution in [-0.4, -0.2) is 34.2 Å². The van der Waals surface area contributed by atoms with E-state index in [4.69, 9.17) is 14.2 Å². The third-order valence-electron chi connectivity index (χ3n) is 4.07. The van der Waals surface area contributed by atoms with Crippen molar-refractivity contribution in [2.24, 2.45) is 0 Å². The van der Waals surface area contributed by atoms with Crippen LogP contribution in [0.25, 0.3) is 5.69 Å². The number of rotatable bonds is 4. The Morgan fingerprint density at radius 1 is 1.12 bits per heavy atom. The molecule has 0 amide bonds. The number of ether oxygens (including phenoxy) is 3. The van der Waals surface area contributed by atoms with Gasteiger partial charge in [0.2, 0.25) is 0 Å². The van der Waals surface area contributed by atoms with Crippen molar-refractivity contribution in [3.05, 3.63) is 65.5 Å². The van der Waals surface area contributed by atoms with Gasteiger partial charge in [-0.3, -0.25) is 0 Å². The first-order valence-electron chi connectivity index (χ1n) is 8.26. The van der Waals surface area contributed by atoms with Gasteiger partial charge < -0.3 is 14.2 Å². The number of benzene rings is 2. The lowest BCUT2D eigenvalue weighted by Crippen LogP contribution is -2.15. The van der Waals surface area contributed by atoms with Crippen molar-refractivity contribution in [1.82, 2.24) is 15.0 Å². The van der Waals surface area contributed by atoms with Crippen molar-refractivity contribution in [3.8, 4) is 17.2 Å². The molecule has 0 unspecified atom stereocenters. The van der Waals surface area contributed by atoms with Gasteiger partial charge in [0.15, 0.2) is 17.2 Å². The summed E-state index contributed by atoms with van der Waals surface area (Å²) < 4.78 is 18.0. The van der Waals surface area contributed by atoms with Gasteiger partial charge in [0.05, 0.1) is 11.4 Å². The summed E-state index contributed by atoms with van der Waals surface area (Å²) in [5.74, 6) is 0.840. The first-order valence-corrected chi connectivity index (χ1v) is 8.26. The number of nitrogens with zero attached hydrogens (tertiary/aromatic N) is 3. The molecule has 3 aromatic rings. The molecule has 0 aliphatic carbocycles. The zero-order valence-electron chi connectivity index (χ0n) is 14.2. The molecule has 2 aromatic carbocycles. The predicted octanol–water partition coefficient (Wildman–Crippen LogP) is 2.70. The van der Waals surface area contributed by atoms with Crippen LogP contribution in [0.4, 0.5) is 0 Å². The summed E-state index contributed by atoms with van der Waals surface area (Å²) >= 11 is 0. The van der Waals surface area contributed by atoms with Crippen LogP contribution < -0.4 is 9.47 Å². The Hall–Kier alpha value is -3.35. The predicted molar refractivity (Wildman–Crippen MR) is 92.6 cm³/mol. The highest BCUT2D eigenvalue weighted by atomic mass is 16.6. The molecule has 7 heteroatoms. The summed E-state index contributed by atoms with van der Waals surface area (Å²) in [4.78, 5) is 12.3. The highest BCUT2D eigenvalue weighted by molar-refractivity contribution is 5.88. The van der Waals surface area contributed by atoms with Crippen molar-refractivity contribution in [2.45, 2.75) is 13.5 Å². The molecule has 132 valence electrons. The Kier molecular flexibility index (Phi) is 4.27. The maximum absolute atomic E-state index is 12.3. The Balaban J connectivity index is 1.53. The van der Waals surface area contributed by atoms with E-state index in [0.29, 0.717) is 30.4 Å². The molecule has 0 saturated heterocycles. The molecule has 0 radical (unpaired) electrons. The molecule has 1 aromatic heterocycles. The maximum atomic E-state index is 12.3. The van der Waals surface area contributed by atoms with Crippen LogP contribution in [0.1, 0.15) is 21.7 Å². The summed E-state index contributed by atoms with van der Waals surface area (Å²) in [6.07, 6.45) is 0. The minimum Gasteiger partial charge on any atom is -0.486 e. The van der Waals surface area contributed by atoms with E-state index in [9.17, 15) is 4.79 Å². The smallest absolute Gasteiger partial charge is 0.361 e. The van der Waals surface area contributed by atoms with E-state index < -0.39 is 5.97 Å². The van der Waals surface area contributed by atoms with E-state index in [1.165, 1.54) is 0 Å². The van der Waals surface area contributed by atoms with Gasteiger partial charge in [0.25, 0.3) is 0 Å². The van der Waals surface area contributed by atoms with Gasteiger partial charge in [-0.25, -0.2) is 9.48 Å². The maximum Gasteiger partial charge on any atom is 0.361 e. The quantitative estimate of drug-likeness (QED) is 0.673. The van der Waals surface area contributed by atoms with Gasteiger partial charge >= 0.3 is 5.97 Å². The third-order valence-corrected chi connectivity index (χ3v) is 4.07. The Bertz CT molecular complexity index is 937. The second kappa shape index (κ2) is 6.87. The van der Waals surface area contributed by atoms with Gasteiger partial charge in [-0.2, -0.15) is 0 Å². The molecule has 1 aliphatic heterocycles. The van der Waals surface area contributed by atoms with Crippen LogP contribution in [0.3, 0.4) is 0 Å². The number of fused-ring (bicyclic) bond motifs is 1. The first kappa shape index (κ1) is 16.1. The summed E-state index contributed by atoms with van der Waals surface area (Å²) in [5, 5.41) is 8.06. The van der Waals surface area contributed by atoms with Gasteiger partial charge in [0.1, 0.15) is 19.8 Å². The lowest BCUT2D eigenvalue weighted by atomic mass is 10.2. The number of esters is 1. The molecule has 2 heterocycles. The second-order valence-electron chi connectivity index (χ2n) is 5.82. The molecular weight excluding hydrogens is 334 g/mol. The largest absolute Gasteiger partial charge is 0.486 e. The number of hydrogen-bond donors (Lipinski definition) is 0. The van der Waals surface area contributed by atoms with Crippen molar-refractivity contribution < 1.29 is 19.0 Å². The molecule has 0 bridgehead atoms. The SMILES string of the molecule is Cc1c(C(=O)OCc2ccccc2)nnn1-c1ccc2c(c1)OCCO2. The fourth-order valence-electron chi connectivity index (χ4n) is 2.72. The van der Waals surface area contributed by atoms with E-state index in [1.807, 2.05) is 48.5 Å². The minimum absolute atomic E-state index is 0.190. The number of carbonyl (C=O) groups is 1. The van der Waals surface area contributed by atoms with Crippen LogP contribution in [0.5, 0.6) is 11.5 Å². The van der Waals surface area contributed by atoms with Crippen LogP contribution in [0.15, 0.2) is 48.5 Å². The fourth-order valence-corrected chi connectivity index (χ4v) is 2.72. The van der Waals surface area contributed by atoms with Crippen molar-refractivity contribution >= 4 is 5.97 Å². The van der Waals surface area contributed by atoms with Crippen molar-refractivity contribution in [2.75, 3.05) is 13.2 Å². The van der Waals surface area contributed by atoms with E-state index in [0.717, 1.165) is 11.3 Å². The van der Waals surface area contributed by atoms with Crippen LogP contribution in [0.2, 0.25) is 0 Å². The molecule has 0 saturated carbocycles. The molecule has 4 rings (SSSR count). The molecule has 0 spiro atoms. The minimum atomic E-state index is -0.504. The molecule has 1 aliphatic rings. The molecular formula is C19H17N3O4. The Morgan fingerprint density at radius 3 is 2.69 bits per heavy atom. The topological polar surface area (TPSA) is 75.5 Å². The van der Waals surface area contributed by atoms with E-state index >= 15 is 0 Å². The zero-order valence-corrected chi connectivity index (χ0v) is 14.2. The second-order valence-corrected chi connectivity index (χ2v) is 5.82. The fraction of sp³-hybridized carbons (Fsp3) is 0.211. The zero-order chi connectivity index (χ0) is 17.9. The van der Waals surface area contributed by atoms with Crippen LogP contribution >= 0.6 is 0 Å². The van der Waals surface area contributed by atoms with Crippen LogP contribution in [-0.2, 0) is 11.3 Å². The van der Waals surface area contributed by atoms with Gasteiger partial charge in [-0.1, -0.05) is 35.5 Å². The molecule has 0 fully saturated rings. The molecule has 0 N–H and O–H groups in total. The number of aromatic nitrogens is 3. The average molecular weight is 351 g/mol. The highest BCUT2D eigenvalue weighted by Crippen LogP contribution is 2.32. The first-order chi connectivity index (χ1) is 12.7. The normalized spacial score (nSPS) is 12.7. The molecule has 26 heavy (non-hydrogen) atoms. The van der Waals surface area contributed by atoms with Crippen LogP contribution in [0, 0.1) is 6.92 Å². The summed E-state index contributed by atoms with van der Waals surface area (Å²) in [6.45, 7) is 3.00. The third kappa shape index (κ3) is 3.11. The summed E-state index contributed by atoms with van der Waals surface area (Å²) in [5.41, 5.74) is 2.44. The summed E-state index contributed by atoms with van der Waals surface area (Å²) in [7, 11) is 0. The molecule has 0 atom stereocenters. The Morgan fingerprint density at radius 2 is 1.88 bits per heavy atom. The highest BCUT2D eigenvalue weighted by Gasteiger charge is 2.20. The number of carbonyl (C=O) groups excluding carboxylic acids is 1. The standard InChI is InChI=1S/C19H17N3O4/c1-13-18(19(23)26-12-14-5-3-2-4-6-14)20-21-22(13)15-7-8-16-17(11-15)25-10-9-24-16/h2-8,11H,9-10,12H2,1H3. The van der Waals surface area contributed by atoms with E-state index in [-0.39, 0.29) is 12.3 Å². The van der Waals surface area contributed by atoms with Gasteiger partial charge in [-0.05, 0) is 24.6 Å². The summed E-state index contributed by atoms with van der Waals surface area (Å²) in [6, 6.07) is 15.0. The monoisotopic (exact) mass is 351 g/mol. The van der Waals surface area contributed by atoms with Crippen molar-refractivity contribution in [3.63, 3.8) is 0 Å². The molecule has 7 nitrogen and oxygen atoms in total. The lowest BCUT2D eigenvalue weighted by molar-refractivity contribution is 0.0464. The van der Waals surface area contributed by atoms with Gasteiger partial charge in [-0.15, -0.1) is 5.10 Å².